The van der Waals surface area contributed by atoms with E-state index in [9.17, 15) is 14.4 Å². The zero-order valence-electron chi connectivity index (χ0n) is 19.9. The molecule has 0 aliphatic rings. The molecule has 0 spiro atoms. The number of para-hydroxylation sites is 1. The Bertz CT molecular complexity index is 1180. The van der Waals surface area contributed by atoms with Crippen LogP contribution in [0.4, 0.5) is 5.69 Å². The number of esters is 1. The summed E-state index contributed by atoms with van der Waals surface area (Å²) in [7, 11) is 0. The zero-order valence-corrected chi connectivity index (χ0v) is 20.8. The fraction of sp³-hybridized carbons (Fsp3) is 0.320. The van der Waals surface area contributed by atoms with Crippen molar-refractivity contribution in [2.24, 2.45) is 0 Å². The van der Waals surface area contributed by atoms with Crippen molar-refractivity contribution >= 4 is 35.2 Å². The first-order valence-corrected chi connectivity index (χ1v) is 12.2. The highest BCUT2D eigenvalue weighted by atomic mass is 32.2. The van der Waals surface area contributed by atoms with Crippen LogP contribution >= 0.6 is 11.8 Å². The summed E-state index contributed by atoms with van der Waals surface area (Å²) in [4.78, 5) is 44.2. The van der Waals surface area contributed by atoms with Crippen LogP contribution in [0.5, 0.6) is 0 Å². The average molecular weight is 497 g/mol. The number of aromatic nitrogens is 2. The molecule has 3 rings (SSSR count). The lowest BCUT2D eigenvalue weighted by Crippen LogP contribution is -2.40. The van der Waals surface area contributed by atoms with Crippen molar-refractivity contribution in [3.8, 4) is 0 Å². The normalized spacial score (nSPS) is 10.6. The van der Waals surface area contributed by atoms with Crippen molar-refractivity contribution in [2.45, 2.75) is 37.8 Å². The van der Waals surface area contributed by atoms with E-state index in [4.69, 9.17) is 9.26 Å². The number of aryl methyl sites for hydroxylation is 2. The molecule has 35 heavy (non-hydrogen) atoms. The maximum Gasteiger partial charge on any atom is 0.339 e. The van der Waals surface area contributed by atoms with Crippen molar-refractivity contribution in [1.29, 1.82) is 0 Å². The van der Waals surface area contributed by atoms with E-state index >= 15 is 0 Å². The van der Waals surface area contributed by atoms with Crippen molar-refractivity contribution in [1.82, 2.24) is 15.0 Å². The van der Waals surface area contributed by atoms with Crippen LogP contribution in [0.1, 0.15) is 41.0 Å². The summed E-state index contributed by atoms with van der Waals surface area (Å²) in [5, 5.41) is 6.57. The summed E-state index contributed by atoms with van der Waals surface area (Å²) in [6.45, 7) is 5.31. The largest absolute Gasteiger partial charge is 0.452 e. The molecule has 1 heterocycles. The number of ether oxygens (including phenoxy) is 1. The number of carbonyl (C=O) groups excluding carboxylic acids is 3. The summed E-state index contributed by atoms with van der Waals surface area (Å²) in [5.74, 6) is 0.00622. The Balaban J connectivity index is 1.57. The van der Waals surface area contributed by atoms with E-state index in [2.05, 4.69) is 15.5 Å². The molecule has 0 atom stereocenters. The van der Waals surface area contributed by atoms with Crippen LogP contribution in [0, 0.1) is 13.8 Å². The molecule has 9 nitrogen and oxygen atoms in total. The molecule has 0 aliphatic heterocycles. The van der Waals surface area contributed by atoms with Gasteiger partial charge in [0.15, 0.2) is 12.4 Å². The number of thioether (sulfide) groups is 1. The number of carbonyl (C=O) groups is 3. The first-order valence-electron chi connectivity index (χ1n) is 11.2. The molecule has 0 fully saturated rings. The first-order chi connectivity index (χ1) is 16.9. The smallest absolute Gasteiger partial charge is 0.339 e. The van der Waals surface area contributed by atoms with Crippen LogP contribution in [-0.2, 0) is 20.1 Å². The second-order valence-corrected chi connectivity index (χ2v) is 8.79. The highest BCUT2D eigenvalue weighted by Gasteiger charge is 2.20. The molecule has 0 aliphatic carbocycles. The van der Waals surface area contributed by atoms with E-state index in [0.29, 0.717) is 46.6 Å². The van der Waals surface area contributed by atoms with Crippen molar-refractivity contribution < 1.29 is 23.6 Å². The fourth-order valence-electron chi connectivity index (χ4n) is 3.23. The molecule has 0 saturated carbocycles. The monoisotopic (exact) mass is 496 g/mol. The van der Waals surface area contributed by atoms with E-state index in [0.717, 1.165) is 5.56 Å². The van der Waals surface area contributed by atoms with Crippen molar-refractivity contribution in [3.05, 3.63) is 71.4 Å². The maximum absolute atomic E-state index is 12.8. The number of hydrogen-bond acceptors (Lipinski definition) is 8. The van der Waals surface area contributed by atoms with Crippen LogP contribution in [0.3, 0.4) is 0 Å². The van der Waals surface area contributed by atoms with E-state index in [1.807, 2.05) is 32.0 Å². The van der Waals surface area contributed by atoms with Crippen molar-refractivity contribution in [2.75, 3.05) is 25.0 Å². The Morgan fingerprint density at radius 2 is 1.83 bits per heavy atom. The number of amides is 2. The molecule has 2 amide bonds. The lowest BCUT2D eigenvalue weighted by molar-refractivity contribution is -0.137. The number of benzene rings is 2. The summed E-state index contributed by atoms with van der Waals surface area (Å²) in [6.07, 6.45) is 0.659. The van der Waals surface area contributed by atoms with Gasteiger partial charge in [-0.1, -0.05) is 42.4 Å². The zero-order chi connectivity index (χ0) is 25.2. The maximum atomic E-state index is 12.8. The van der Waals surface area contributed by atoms with Gasteiger partial charge in [0, 0.05) is 17.1 Å². The van der Waals surface area contributed by atoms with Gasteiger partial charge in [0.2, 0.25) is 11.8 Å². The molecular formula is C25H28N4O5S. The Morgan fingerprint density at radius 3 is 2.54 bits per heavy atom. The summed E-state index contributed by atoms with van der Waals surface area (Å²) >= 11 is 1.36. The SMILES string of the molecule is CCCN(CC(=O)Nc1ccccc1C)C(=O)COC(=O)c1ccccc1SCc1nc(C)no1. The van der Waals surface area contributed by atoms with Gasteiger partial charge in [-0.15, -0.1) is 11.8 Å². The van der Waals surface area contributed by atoms with Crippen LogP contribution in [0.2, 0.25) is 0 Å². The highest BCUT2D eigenvalue weighted by molar-refractivity contribution is 7.98. The van der Waals surface area contributed by atoms with E-state index in [1.165, 1.54) is 16.7 Å². The second-order valence-electron chi connectivity index (χ2n) is 7.77. The van der Waals surface area contributed by atoms with Crippen LogP contribution in [0.25, 0.3) is 0 Å². The molecule has 0 saturated heterocycles. The van der Waals surface area contributed by atoms with E-state index < -0.39 is 18.5 Å². The fourth-order valence-corrected chi connectivity index (χ4v) is 4.11. The predicted octanol–water partition coefficient (Wildman–Crippen LogP) is 4.01. The minimum atomic E-state index is -0.621. The Labute approximate surface area is 208 Å². The van der Waals surface area contributed by atoms with Gasteiger partial charge in [0.05, 0.1) is 17.9 Å². The summed E-state index contributed by atoms with van der Waals surface area (Å²) in [6, 6.07) is 14.3. The number of rotatable bonds is 11. The van der Waals surface area contributed by atoms with E-state index in [1.54, 1.807) is 37.3 Å². The minimum absolute atomic E-state index is 0.130. The summed E-state index contributed by atoms with van der Waals surface area (Å²) < 4.78 is 10.4. The third-order valence-corrected chi connectivity index (χ3v) is 6.01. The molecule has 1 aromatic heterocycles. The summed E-state index contributed by atoms with van der Waals surface area (Å²) in [5.41, 5.74) is 1.95. The van der Waals surface area contributed by atoms with Gasteiger partial charge in [-0.05, 0) is 44.0 Å². The molecule has 1 N–H and O–H groups in total. The van der Waals surface area contributed by atoms with Gasteiger partial charge in [-0.2, -0.15) is 4.98 Å². The Hall–Kier alpha value is -3.66. The quantitative estimate of drug-likeness (QED) is 0.313. The van der Waals surface area contributed by atoms with Gasteiger partial charge in [0.25, 0.3) is 5.91 Å². The molecular weight excluding hydrogens is 468 g/mol. The Morgan fingerprint density at radius 1 is 1.09 bits per heavy atom. The predicted molar refractivity (Wildman–Crippen MR) is 132 cm³/mol. The molecule has 3 aromatic rings. The third kappa shape index (κ3) is 7.68. The molecule has 184 valence electrons. The van der Waals surface area contributed by atoms with Crippen LogP contribution in [-0.4, -0.2) is 52.5 Å². The van der Waals surface area contributed by atoms with Crippen LogP contribution < -0.4 is 5.32 Å². The van der Waals surface area contributed by atoms with Gasteiger partial charge in [-0.3, -0.25) is 9.59 Å². The standard InChI is InChI=1S/C25H28N4O5S/c1-4-13-29(14-22(30)27-20-11-7-5-9-17(20)2)24(31)15-33-25(32)19-10-6-8-12-21(19)35-16-23-26-18(3)28-34-23/h5-12H,4,13-16H2,1-3H3,(H,27,30). The first kappa shape index (κ1) is 26.0. The molecule has 0 unspecified atom stereocenters. The minimum Gasteiger partial charge on any atom is -0.452 e. The van der Waals surface area contributed by atoms with Gasteiger partial charge >= 0.3 is 5.97 Å². The lowest BCUT2D eigenvalue weighted by atomic mass is 10.2. The van der Waals surface area contributed by atoms with Crippen LogP contribution in [0.15, 0.2) is 57.9 Å². The van der Waals surface area contributed by atoms with Crippen molar-refractivity contribution in [3.63, 3.8) is 0 Å². The number of nitrogens with one attached hydrogen (secondary N) is 1. The molecule has 10 heteroatoms. The molecule has 0 bridgehead atoms. The van der Waals surface area contributed by atoms with Gasteiger partial charge < -0.3 is 19.5 Å². The Kier molecular flexibility index (Phi) is 9.42. The average Bonchev–Trinajstić information content (AvgIpc) is 3.27. The second kappa shape index (κ2) is 12.7. The molecule has 0 radical (unpaired) electrons. The van der Waals surface area contributed by atoms with Gasteiger partial charge in [0.1, 0.15) is 0 Å². The number of hydrogen-bond donors (Lipinski definition) is 1. The lowest BCUT2D eigenvalue weighted by Gasteiger charge is -2.22. The third-order valence-electron chi connectivity index (χ3n) is 4.95. The van der Waals surface area contributed by atoms with Gasteiger partial charge in [-0.25, -0.2) is 4.79 Å². The number of nitrogens with zero attached hydrogens (tertiary/aromatic N) is 3. The molecule has 2 aromatic carbocycles. The highest BCUT2D eigenvalue weighted by Crippen LogP contribution is 2.26. The van der Waals surface area contributed by atoms with E-state index in [-0.39, 0.29) is 12.5 Å². The number of anilines is 1. The topological polar surface area (TPSA) is 115 Å².